The highest BCUT2D eigenvalue weighted by atomic mass is 16.3. The molecule has 12 rings (SSSR count). The van der Waals surface area contributed by atoms with Gasteiger partial charge in [-0.2, -0.15) is 0 Å². The van der Waals surface area contributed by atoms with Gasteiger partial charge in [0.25, 0.3) is 6.71 Å². The molecular formula is C63H65BN2O. The SMILES string of the molecule is Cc1cc2c3c(c1)N(c1ccccc1-c1ccccc1)c1cc4c(cc1B3c1cc3c(cc1N2c1ccc2c(c1)C(C)(C)CCC2(C)C)C(C)(C)CCC3(C)C)oc1ccc(C(C)(C)C)cc14. The van der Waals surface area contributed by atoms with Crippen LogP contribution in [0.3, 0.4) is 0 Å². The van der Waals surface area contributed by atoms with Gasteiger partial charge in [0.15, 0.2) is 0 Å². The van der Waals surface area contributed by atoms with E-state index < -0.39 is 0 Å². The van der Waals surface area contributed by atoms with Crippen molar-refractivity contribution in [2.75, 3.05) is 9.80 Å². The molecule has 0 fully saturated rings. The number of aryl methyl sites for hydroxylation is 1. The van der Waals surface area contributed by atoms with Crippen LogP contribution in [0, 0.1) is 6.92 Å². The molecule has 336 valence electrons. The average Bonchev–Trinajstić information content (AvgIpc) is 3.65. The van der Waals surface area contributed by atoms with Crippen molar-refractivity contribution in [1.82, 2.24) is 0 Å². The Kier molecular flexibility index (Phi) is 8.87. The third kappa shape index (κ3) is 6.30. The van der Waals surface area contributed by atoms with Crippen LogP contribution < -0.4 is 26.2 Å². The number of nitrogens with zero attached hydrogens (tertiary/aromatic N) is 2. The topological polar surface area (TPSA) is 19.6 Å². The van der Waals surface area contributed by atoms with Crippen LogP contribution in [0.2, 0.25) is 0 Å². The number of fused-ring (bicyclic) bond motifs is 9. The molecule has 0 radical (unpaired) electrons. The Morgan fingerprint density at radius 3 is 1.73 bits per heavy atom. The smallest absolute Gasteiger partial charge is 0.252 e. The molecule has 1 aromatic heterocycles. The summed E-state index contributed by atoms with van der Waals surface area (Å²) in [5, 5.41) is 2.33. The van der Waals surface area contributed by atoms with E-state index in [0.717, 1.165) is 29.4 Å². The lowest BCUT2D eigenvalue weighted by Crippen LogP contribution is -2.62. The van der Waals surface area contributed by atoms with Crippen molar-refractivity contribution in [2.24, 2.45) is 0 Å². The lowest BCUT2D eigenvalue weighted by atomic mass is 9.33. The van der Waals surface area contributed by atoms with Gasteiger partial charge in [0.2, 0.25) is 0 Å². The molecule has 8 aromatic rings. The van der Waals surface area contributed by atoms with Gasteiger partial charge in [0.1, 0.15) is 11.2 Å². The summed E-state index contributed by atoms with van der Waals surface area (Å²) in [5.74, 6) is 0. The van der Waals surface area contributed by atoms with Gasteiger partial charge >= 0.3 is 0 Å². The zero-order valence-corrected chi connectivity index (χ0v) is 41.8. The minimum Gasteiger partial charge on any atom is -0.456 e. The van der Waals surface area contributed by atoms with Crippen LogP contribution in [0.5, 0.6) is 0 Å². The number of benzene rings is 7. The number of para-hydroxylation sites is 1. The van der Waals surface area contributed by atoms with Crippen molar-refractivity contribution in [3.8, 4) is 11.1 Å². The largest absolute Gasteiger partial charge is 0.456 e. The van der Waals surface area contributed by atoms with E-state index in [-0.39, 0.29) is 33.8 Å². The van der Waals surface area contributed by atoms with Crippen molar-refractivity contribution in [2.45, 2.75) is 136 Å². The molecule has 0 atom stereocenters. The van der Waals surface area contributed by atoms with Gasteiger partial charge in [0.05, 0.1) is 5.69 Å². The first-order valence-corrected chi connectivity index (χ1v) is 25.0. The van der Waals surface area contributed by atoms with E-state index in [1.54, 1.807) is 0 Å². The molecule has 4 heteroatoms. The van der Waals surface area contributed by atoms with Gasteiger partial charge in [-0.05, 0) is 176 Å². The first kappa shape index (κ1) is 42.4. The van der Waals surface area contributed by atoms with Gasteiger partial charge in [-0.3, -0.25) is 0 Å². The maximum Gasteiger partial charge on any atom is 0.252 e. The molecule has 3 nitrogen and oxygen atoms in total. The third-order valence-corrected chi connectivity index (χ3v) is 17.0. The molecule has 0 N–H and O–H groups in total. The van der Waals surface area contributed by atoms with Crippen molar-refractivity contribution < 1.29 is 4.42 Å². The Morgan fingerprint density at radius 2 is 1.04 bits per heavy atom. The van der Waals surface area contributed by atoms with E-state index in [1.807, 2.05) is 0 Å². The van der Waals surface area contributed by atoms with E-state index in [4.69, 9.17) is 4.42 Å². The van der Waals surface area contributed by atoms with Crippen LogP contribution in [-0.2, 0) is 27.1 Å². The van der Waals surface area contributed by atoms with Crippen molar-refractivity contribution in [1.29, 1.82) is 0 Å². The Labute approximate surface area is 399 Å². The van der Waals surface area contributed by atoms with Crippen molar-refractivity contribution in [3.05, 3.63) is 161 Å². The summed E-state index contributed by atoms with van der Waals surface area (Å²) in [6.45, 7) is 28.9. The molecule has 0 saturated carbocycles. The highest BCUT2D eigenvalue weighted by Gasteiger charge is 2.48. The maximum atomic E-state index is 6.96. The van der Waals surface area contributed by atoms with Crippen LogP contribution in [0.25, 0.3) is 33.1 Å². The highest BCUT2D eigenvalue weighted by Crippen LogP contribution is 2.53. The molecule has 4 aliphatic rings. The van der Waals surface area contributed by atoms with Crippen LogP contribution in [0.1, 0.15) is 135 Å². The summed E-state index contributed by atoms with van der Waals surface area (Å²) < 4.78 is 6.96. The predicted molar refractivity (Wildman–Crippen MR) is 287 cm³/mol. The molecule has 2 aliphatic heterocycles. The Bertz CT molecular complexity index is 3380. The Balaban J connectivity index is 1.22. The molecule has 3 heterocycles. The molecule has 0 saturated heterocycles. The third-order valence-electron chi connectivity index (χ3n) is 17.0. The fourth-order valence-electron chi connectivity index (χ4n) is 12.7. The van der Waals surface area contributed by atoms with E-state index in [2.05, 4.69) is 220 Å². The molecule has 0 unspecified atom stereocenters. The summed E-state index contributed by atoms with van der Waals surface area (Å²) in [6.07, 6.45) is 4.69. The highest BCUT2D eigenvalue weighted by molar-refractivity contribution is 7.00. The molecule has 0 spiro atoms. The van der Waals surface area contributed by atoms with E-state index in [9.17, 15) is 0 Å². The first-order chi connectivity index (χ1) is 31.7. The number of hydrogen-bond donors (Lipinski definition) is 0. The molecular weight excluding hydrogens is 812 g/mol. The lowest BCUT2D eigenvalue weighted by Gasteiger charge is -2.48. The summed E-state index contributed by atoms with van der Waals surface area (Å²) in [5.41, 5.74) is 24.5. The van der Waals surface area contributed by atoms with Crippen LogP contribution in [0.4, 0.5) is 34.1 Å². The second-order valence-electron chi connectivity index (χ2n) is 24.4. The number of rotatable bonds is 3. The summed E-state index contributed by atoms with van der Waals surface area (Å²) in [7, 11) is 0. The maximum absolute atomic E-state index is 6.96. The van der Waals surface area contributed by atoms with Gasteiger partial charge < -0.3 is 14.2 Å². The molecule has 0 bridgehead atoms. The van der Waals surface area contributed by atoms with Gasteiger partial charge in [-0.15, -0.1) is 0 Å². The minimum atomic E-state index is -0.0334. The standard InChI is InChI=1S/C63H65BN2O/c1-38-30-54-58-55(31-38)66(51-21-17-16-20-42(51)39-18-14-13-15-19-39)52-34-44-43-32-40(59(2,3)4)22-25-56(43)67-57(44)37-50(52)64(58)49-35-47-48(63(11,12)29-28-62(47,9)10)36-53(49)65(54)41-23-24-45-46(33-41)61(7,8)27-26-60(45,5)6/h13-25,30-37H,26-29H2,1-12H3. The average molecular weight is 877 g/mol. The second-order valence-corrected chi connectivity index (χ2v) is 24.4. The van der Waals surface area contributed by atoms with Gasteiger partial charge in [-0.25, -0.2) is 0 Å². The van der Waals surface area contributed by atoms with E-state index in [0.29, 0.717) is 0 Å². The summed E-state index contributed by atoms with van der Waals surface area (Å²) in [6, 6.07) is 49.4. The number of furan rings is 1. The monoisotopic (exact) mass is 877 g/mol. The van der Waals surface area contributed by atoms with E-state index >= 15 is 0 Å². The quantitative estimate of drug-likeness (QED) is 0.165. The normalized spacial score (nSPS) is 18.3. The summed E-state index contributed by atoms with van der Waals surface area (Å²) in [4.78, 5) is 5.28. The Morgan fingerprint density at radius 1 is 0.478 bits per heavy atom. The minimum absolute atomic E-state index is 0.00267. The van der Waals surface area contributed by atoms with Crippen LogP contribution in [-0.4, -0.2) is 6.71 Å². The molecule has 0 amide bonds. The molecule has 7 aromatic carbocycles. The number of anilines is 6. The lowest BCUT2D eigenvalue weighted by molar-refractivity contribution is 0.332. The Hall–Kier alpha value is -6.00. The first-order valence-electron chi connectivity index (χ1n) is 25.0. The van der Waals surface area contributed by atoms with Gasteiger partial charge in [-0.1, -0.05) is 143 Å². The van der Waals surface area contributed by atoms with Gasteiger partial charge in [0, 0.05) is 44.8 Å². The fraction of sp³-hybridized carbons (Fsp3) is 0.333. The zero-order chi connectivity index (χ0) is 46.7. The van der Waals surface area contributed by atoms with Crippen molar-refractivity contribution >= 4 is 79.2 Å². The number of hydrogen-bond acceptors (Lipinski definition) is 3. The van der Waals surface area contributed by atoms with Crippen LogP contribution in [0.15, 0.2) is 132 Å². The zero-order valence-electron chi connectivity index (χ0n) is 41.8. The molecule has 2 aliphatic carbocycles. The predicted octanol–water partition coefficient (Wildman–Crippen LogP) is 15.6. The van der Waals surface area contributed by atoms with Crippen molar-refractivity contribution in [3.63, 3.8) is 0 Å². The second kappa shape index (κ2) is 14.0. The van der Waals surface area contributed by atoms with E-state index in [1.165, 1.54) is 113 Å². The summed E-state index contributed by atoms with van der Waals surface area (Å²) >= 11 is 0. The fourth-order valence-corrected chi connectivity index (χ4v) is 12.7. The van der Waals surface area contributed by atoms with Crippen LogP contribution >= 0.6 is 0 Å². The molecule has 67 heavy (non-hydrogen) atoms.